The molecule has 2 amide bonds. The summed E-state index contributed by atoms with van der Waals surface area (Å²) in [6.07, 6.45) is 3.42. The third-order valence-corrected chi connectivity index (χ3v) is 7.10. The Morgan fingerprint density at radius 2 is 1.85 bits per heavy atom. The molecule has 34 heavy (non-hydrogen) atoms. The fraction of sp³-hybridized carbons (Fsp3) is 0.208. The number of amides is 2. The van der Waals surface area contributed by atoms with Crippen molar-refractivity contribution in [3.8, 4) is 11.5 Å². The van der Waals surface area contributed by atoms with Gasteiger partial charge in [-0.1, -0.05) is 35.3 Å². The first-order valence-corrected chi connectivity index (χ1v) is 12.3. The average molecular weight is 514 g/mol. The number of fused-ring (bicyclic) bond motifs is 1. The first kappa shape index (κ1) is 22.9. The summed E-state index contributed by atoms with van der Waals surface area (Å²) >= 11 is 13.4. The summed E-state index contributed by atoms with van der Waals surface area (Å²) < 4.78 is 11.1. The highest BCUT2D eigenvalue weighted by molar-refractivity contribution is 7.13. The second-order valence-electron chi connectivity index (χ2n) is 7.92. The maximum absolute atomic E-state index is 12.8. The van der Waals surface area contributed by atoms with Crippen LogP contribution < -0.4 is 10.1 Å². The zero-order valence-corrected chi connectivity index (χ0v) is 20.4. The molecule has 0 aliphatic carbocycles. The van der Waals surface area contributed by atoms with Crippen LogP contribution in [-0.4, -0.2) is 51.4 Å². The van der Waals surface area contributed by atoms with Crippen molar-refractivity contribution < 1.29 is 9.53 Å². The van der Waals surface area contributed by atoms with Crippen LogP contribution in [0.25, 0.3) is 10.1 Å². The van der Waals surface area contributed by atoms with Crippen LogP contribution in [0.1, 0.15) is 5.56 Å². The van der Waals surface area contributed by atoms with E-state index in [-0.39, 0.29) is 6.03 Å². The second-order valence-corrected chi connectivity index (χ2v) is 9.56. The lowest BCUT2D eigenvalue weighted by molar-refractivity contribution is 0.143. The van der Waals surface area contributed by atoms with Gasteiger partial charge in [-0.2, -0.15) is 4.37 Å². The lowest BCUT2D eigenvalue weighted by Crippen LogP contribution is -2.49. The number of halogens is 2. The maximum Gasteiger partial charge on any atom is 0.323 e. The van der Waals surface area contributed by atoms with E-state index in [1.54, 1.807) is 30.6 Å². The molecule has 0 bridgehead atoms. The molecule has 1 aliphatic heterocycles. The van der Waals surface area contributed by atoms with Crippen molar-refractivity contribution in [1.82, 2.24) is 19.2 Å². The average Bonchev–Trinajstić information content (AvgIpc) is 3.32. The largest absolute Gasteiger partial charge is 0.457 e. The summed E-state index contributed by atoms with van der Waals surface area (Å²) in [4.78, 5) is 21.2. The molecule has 0 spiro atoms. The summed E-state index contributed by atoms with van der Waals surface area (Å²) in [6, 6.07) is 14.9. The van der Waals surface area contributed by atoms with E-state index < -0.39 is 0 Å². The predicted octanol–water partition coefficient (Wildman–Crippen LogP) is 6.14. The maximum atomic E-state index is 12.8. The van der Waals surface area contributed by atoms with Crippen molar-refractivity contribution in [2.45, 2.75) is 6.54 Å². The molecule has 2 aromatic carbocycles. The molecule has 7 nitrogen and oxygen atoms in total. The summed E-state index contributed by atoms with van der Waals surface area (Å²) in [6.45, 7) is 3.62. The summed E-state index contributed by atoms with van der Waals surface area (Å²) in [5, 5.41) is 4.74. The van der Waals surface area contributed by atoms with Gasteiger partial charge in [-0.3, -0.25) is 10.2 Å². The van der Waals surface area contributed by atoms with Gasteiger partial charge in [0.05, 0.1) is 26.3 Å². The number of hydrogen-bond acceptors (Lipinski definition) is 6. The van der Waals surface area contributed by atoms with E-state index in [4.69, 9.17) is 27.9 Å². The zero-order chi connectivity index (χ0) is 23.5. The van der Waals surface area contributed by atoms with Crippen LogP contribution in [0.15, 0.2) is 60.9 Å². The third kappa shape index (κ3) is 5.26. The molecule has 0 saturated carbocycles. The van der Waals surface area contributed by atoms with E-state index in [1.807, 2.05) is 29.2 Å². The van der Waals surface area contributed by atoms with E-state index in [0.29, 0.717) is 34.7 Å². The number of nitrogens with one attached hydrogen (secondary N) is 1. The van der Waals surface area contributed by atoms with Crippen molar-refractivity contribution >= 4 is 56.7 Å². The Labute approximate surface area is 211 Å². The van der Waals surface area contributed by atoms with Gasteiger partial charge in [-0.15, -0.1) is 0 Å². The minimum atomic E-state index is -0.136. The number of rotatable bonds is 5. The molecule has 0 unspecified atom stereocenters. The highest BCUT2D eigenvalue weighted by Crippen LogP contribution is 2.30. The molecule has 0 radical (unpaired) electrons. The van der Waals surface area contributed by atoms with Gasteiger partial charge < -0.3 is 9.64 Å². The van der Waals surface area contributed by atoms with Crippen molar-refractivity contribution in [2.75, 3.05) is 31.5 Å². The Morgan fingerprint density at radius 1 is 1.03 bits per heavy atom. The molecule has 1 aliphatic rings. The molecule has 1 saturated heterocycles. The third-order valence-electron chi connectivity index (χ3n) is 5.60. The van der Waals surface area contributed by atoms with Crippen LogP contribution >= 0.6 is 34.7 Å². The summed E-state index contributed by atoms with van der Waals surface area (Å²) in [5.74, 6) is 1.92. The fourth-order valence-electron chi connectivity index (χ4n) is 3.83. The topological polar surface area (TPSA) is 70.6 Å². The molecule has 2 aromatic heterocycles. The molecular formula is C24H21Cl2N5O2S. The van der Waals surface area contributed by atoms with E-state index in [2.05, 4.69) is 25.6 Å². The Morgan fingerprint density at radius 3 is 2.68 bits per heavy atom. The predicted molar refractivity (Wildman–Crippen MR) is 136 cm³/mol. The van der Waals surface area contributed by atoms with Gasteiger partial charge in [0, 0.05) is 45.0 Å². The van der Waals surface area contributed by atoms with Crippen LogP contribution in [-0.2, 0) is 6.54 Å². The van der Waals surface area contributed by atoms with Gasteiger partial charge in [0.25, 0.3) is 0 Å². The number of ether oxygens (including phenoxy) is 1. The Bertz CT molecular complexity index is 1320. The minimum Gasteiger partial charge on any atom is -0.457 e. The van der Waals surface area contributed by atoms with Crippen LogP contribution in [0.2, 0.25) is 10.0 Å². The Hall–Kier alpha value is -2.91. The first-order valence-electron chi connectivity index (χ1n) is 10.7. The molecule has 4 aromatic rings. The van der Waals surface area contributed by atoms with Gasteiger partial charge in [-0.25, -0.2) is 9.78 Å². The minimum absolute atomic E-state index is 0.136. The second kappa shape index (κ2) is 10.1. The van der Waals surface area contributed by atoms with Crippen molar-refractivity contribution in [3.63, 3.8) is 0 Å². The van der Waals surface area contributed by atoms with Gasteiger partial charge in [-0.05, 0) is 47.4 Å². The van der Waals surface area contributed by atoms with Crippen LogP contribution in [0.4, 0.5) is 10.6 Å². The highest BCUT2D eigenvalue weighted by Gasteiger charge is 2.22. The lowest BCUT2D eigenvalue weighted by Gasteiger charge is -2.34. The number of carbonyl (C=O) groups is 1. The van der Waals surface area contributed by atoms with E-state index >= 15 is 0 Å². The lowest BCUT2D eigenvalue weighted by atomic mass is 10.2. The van der Waals surface area contributed by atoms with Crippen molar-refractivity contribution in [1.29, 1.82) is 0 Å². The number of aromatic nitrogens is 2. The van der Waals surface area contributed by atoms with E-state index in [0.717, 1.165) is 41.0 Å². The Balaban J connectivity index is 1.15. The molecule has 5 rings (SSSR count). The summed E-state index contributed by atoms with van der Waals surface area (Å²) in [5.41, 5.74) is 1.14. The molecule has 174 valence electrons. The number of carbonyl (C=O) groups excluding carboxylic acids is 1. The Kier molecular flexibility index (Phi) is 6.82. The SMILES string of the molecule is O=C(Nc1nccc2sncc12)N1CCN(Cc2cccc(Oc3ccc(Cl)c(Cl)c3)c2)CC1. The van der Waals surface area contributed by atoms with Crippen LogP contribution in [0, 0.1) is 0 Å². The molecule has 1 fully saturated rings. The van der Waals surface area contributed by atoms with Crippen LogP contribution in [0.3, 0.4) is 0 Å². The number of anilines is 1. The molecule has 1 N–H and O–H groups in total. The number of nitrogens with zero attached hydrogens (tertiary/aromatic N) is 4. The quantitative estimate of drug-likeness (QED) is 0.347. The molecular weight excluding hydrogens is 493 g/mol. The van der Waals surface area contributed by atoms with Crippen molar-refractivity contribution in [2.24, 2.45) is 0 Å². The zero-order valence-electron chi connectivity index (χ0n) is 18.1. The van der Waals surface area contributed by atoms with E-state index in [1.165, 1.54) is 11.5 Å². The monoisotopic (exact) mass is 513 g/mol. The molecule has 10 heteroatoms. The van der Waals surface area contributed by atoms with Gasteiger partial charge in [0.1, 0.15) is 17.3 Å². The standard InChI is InChI=1S/C24H21Cl2N5O2S/c25-20-5-4-18(13-21(20)26)33-17-3-1-2-16(12-17)15-30-8-10-31(11-9-30)24(32)29-23-19-14-28-34-22(19)6-7-27-23/h1-7,12-14H,8-11,15H2,(H,27,29,32). The van der Waals surface area contributed by atoms with Gasteiger partial charge >= 0.3 is 6.03 Å². The van der Waals surface area contributed by atoms with E-state index in [9.17, 15) is 4.79 Å². The molecule has 0 atom stereocenters. The summed E-state index contributed by atoms with van der Waals surface area (Å²) in [7, 11) is 0. The number of urea groups is 1. The fourth-order valence-corrected chi connectivity index (χ4v) is 4.76. The number of hydrogen-bond donors (Lipinski definition) is 1. The number of benzene rings is 2. The smallest absolute Gasteiger partial charge is 0.323 e. The number of pyridine rings is 1. The first-order chi connectivity index (χ1) is 16.5. The highest BCUT2D eigenvalue weighted by atomic mass is 35.5. The van der Waals surface area contributed by atoms with Crippen molar-refractivity contribution in [3.05, 3.63) is 76.5 Å². The van der Waals surface area contributed by atoms with Crippen LogP contribution in [0.5, 0.6) is 11.5 Å². The normalized spacial score (nSPS) is 14.4. The van der Waals surface area contributed by atoms with Gasteiger partial charge in [0.2, 0.25) is 0 Å². The number of piperazine rings is 1. The van der Waals surface area contributed by atoms with Gasteiger partial charge in [0.15, 0.2) is 0 Å². The molecule has 3 heterocycles.